The lowest BCUT2D eigenvalue weighted by molar-refractivity contribution is 1.32. The molecule has 8 bridgehead atoms. The highest BCUT2D eigenvalue weighted by atomic mass is 14.8. The Bertz CT molecular complexity index is 1170. The van der Waals surface area contributed by atoms with Crippen molar-refractivity contribution in [3.8, 4) is 0 Å². The van der Waals surface area contributed by atoms with Gasteiger partial charge in [-0.05, 0) is 60.7 Å². The van der Waals surface area contributed by atoms with E-state index in [0.29, 0.717) is 0 Å². The van der Waals surface area contributed by atoms with Gasteiger partial charge in [-0.3, -0.25) is 0 Å². The van der Waals surface area contributed by atoms with Crippen LogP contribution < -0.4 is 0 Å². The Morgan fingerprint density at radius 3 is 1.83 bits per heavy atom. The average Bonchev–Trinajstić information content (AvgIpc) is 3.32. The van der Waals surface area contributed by atoms with Crippen LogP contribution in [0.5, 0.6) is 0 Å². The fourth-order valence-corrected chi connectivity index (χ4v) is 2.94. The van der Waals surface area contributed by atoms with Crippen molar-refractivity contribution in [2.45, 2.75) is 0 Å². The third-order valence-electron chi connectivity index (χ3n) is 4.14. The quantitative estimate of drug-likeness (QED) is 0.381. The van der Waals surface area contributed by atoms with Crippen LogP contribution in [0, 0.1) is 0 Å². The molecule has 0 aliphatic carbocycles. The van der Waals surface area contributed by atoms with Crippen LogP contribution in [0.1, 0.15) is 11.4 Å². The van der Waals surface area contributed by atoms with Crippen LogP contribution in [0.25, 0.3) is 45.3 Å². The number of nitrogens with one attached hydrogen (secondary N) is 3. The number of fused-ring (bicyclic) bond motifs is 11. The maximum absolute atomic E-state index is 4.73. The van der Waals surface area contributed by atoms with Gasteiger partial charge in [-0.2, -0.15) is 0 Å². The van der Waals surface area contributed by atoms with E-state index in [2.05, 4.69) is 63.5 Å². The highest BCUT2D eigenvalue weighted by Crippen LogP contribution is 2.20. The number of H-pyrrole nitrogens is 3. The summed E-state index contributed by atoms with van der Waals surface area (Å²) in [6.07, 6.45) is 4.08. The smallest absolute Gasteiger partial charge is 0.0873 e. The fourth-order valence-electron chi connectivity index (χ4n) is 2.94. The summed E-state index contributed by atoms with van der Waals surface area (Å²) in [4.78, 5) is 15.0. The molecule has 0 amide bonds. The third-order valence-corrected chi connectivity index (χ3v) is 4.14. The molecule has 0 aromatic carbocycles. The van der Waals surface area contributed by atoms with Crippen molar-refractivity contribution in [1.82, 2.24) is 19.9 Å². The van der Waals surface area contributed by atoms with Crippen LogP contribution in [0.4, 0.5) is 0 Å². The maximum Gasteiger partial charge on any atom is 0.0873 e. The molecule has 110 valence electrons. The van der Waals surface area contributed by atoms with Gasteiger partial charge in [0, 0.05) is 11.0 Å². The zero-order valence-corrected chi connectivity index (χ0v) is 12.3. The average molecular weight is 298 g/mol. The largest absolute Gasteiger partial charge is 0.354 e. The van der Waals surface area contributed by atoms with Gasteiger partial charge in [0.25, 0.3) is 0 Å². The predicted octanol–water partition coefficient (Wildman–Crippen LogP) is 4.70. The van der Waals surface area contributed by atoms with Gasteiger partial charge in [-0.25, -0.2) is 4.98 Å². The van der Waals surface area contributed by atoms with E-state index in [0.717, 1.165) is 44.5 Å². The third kappa shape index (κ3) is 2.04. The van der Waals surface area contributed by atoms with Crippen LogP contribution in [-0.2, 0) is 0 Å². The highest BCUT2D eigenvalue weighted by molar-refractivity contribution is 5.87. The molecule has 0 saturated heterocycles. The Balaban J connectivity index is 1.94. The highest BCUT2D eigenvalue weighted by Gasteiger charge is 2.05. The summed E-state index contributed by atoms with van der Waals surface area (Å²) in [7, 11) is 0. The molecule has 0 saturated carbocycles. The standard InChI is InChI=1S/C19H14N4/c1-2-12-4-6-14(20-12)16-8-10-18(22-16)19-11-9-17(23-19)15-7-5-13(3-1)21-15/h1-11,20-22H. The van der Waals surface area contributed by atoms with Crippen molar-refractivity contribution in [1.29, 1.82) is 0 Å². The maximum atomic E-state index is 4.73. The molecule has 4 heteroatoms. The monoisotopic (exact) mass is 298 g/mol. The van der Waals surface area contributed by atoms with Crippen molar-refractivity contribution >= 4 is 45.3 Å². The van der Waals surface area contributed by atoms with Crippen LogP contribution in [0.3, 0.4) is 0 Å². The van der Waals surface area contributed by atoms with Crippen molar-refractivity contribution in [3.05, 3.63) is 66.0 Å². The van der Waals surface area contributed by atoms with Gasteiger partial charge in [0.15, 0.2) is 0 Å². The Labute approximate surface area is 131 Å². The number of rotatable bonds is 0. The minimum Gasteiger partial charge on any atom is -0.354 e. The van der Waals surface area contributed by atoms with E-state index in [-0.39, 0.29) is 0 Å². The summed E-state index contributed by atoms with van der Waals surface area (Å²) in [5.74, 6) is 0. The summed E-state index contributed by atoms with van der Waals surface area (Å²) in [5, 5.41) is 0. The van der Waals surface area contributed by atoms with E-state index in [9.17, 15) is 0 Å². The van der Waals surface area contributed by atoms with E-state index in [1.54, 1.807) is 0 Å². The number of hydrogen-bond acceptors (Lipinski definition) is 1. The first-order chi connectivity index (χ1) is 11.3. The molecule has 4 aromatic heterocycles. The minimum atomic E-state index is 0.950. The molecule has 0 radical (unpaired) electrons. The molecule has 0 spiro atoms. The second kappa shape index (κ2) is 4.61. The fraction of sp³-hybridized carbons (Fsp3) is 0. The Morgan fingerprint density at radius 1 is 0.522 bits per heavy atom. The number of hydrogen-bond donors (Lipinski definition) is 3. The summed E-state index contributed by atoms with van der Waals surface area (Å²) < 4.78 is 0. The summed E-state index contributed by atoms with van der Waals surface area (Å²) in [6, 6.07) is 18.6. The van der Waals surface area contributed by atoms with Gasteiger partial charge < -0.3 is 15.0 Å². The van der Waals surface area contributed by atoms with Crippen molar-refractivity contribution < 1.29 is 0 Å². The molecule has 3 N–H and O–H groups in total. The zero-order chi connectivity index (χ0) is 15.2. The van der Waals surface area contributed by atoms with Gasteiger partial charge in [0.2, 0.25) is 0 Å². The predicted molar refractivity (Wildman–Crippen MR) is 95.2 cm³/mol. The molecule has 5 heterocycles. The molecular weight excluding hydrogens is 284 g/mol. The summed E-state index contributed by atoms with van der Waals surface area (Å²) >= 11 is 0. The van der Waals surface area contributed by atoms with Crippen LogP contribution in [0.15, 0.2) is 54.6 Å². The molecule has 4 aromatic rings. The lowest BCUT2D eigenvalue weighted by atomic mass is 10.3. The molecule has 0 atom stereocenters. The normalized spacial score (nSPS) is 12.2. The number of nitrogens with zero attached hydrogens (tertiary/aromatic N) is 1. The first-order valence-electron chi connectivity index (χ1n) is 7.58. The second-order valence-electron chi connectivity index (χ2n) is 5.68. The van der Waals surface area contributed by atoms with Crippen molar-refractivity contribution in [2.24, 2.45) is 0 Å². The van der Waals surface area contributed by atoms with E-state index in [4.69, 9.17) is 4.98 Å². The Morgan fingerprint density at radius 2 is 1.04 bits per heavy atom. The summed E-state index contributed by atoms with van der Waals surface area (Å²) in [6.45, 7) is 0. The van der Waals surface area contributed by atoms with E-state index in [1.807, 2.05) is 18.2 Å². The van der Waals surface area contributed by atoms with Crippen LogP contribution in [0.2, 0.25) is 0 Å². The molecule has 1 aliphatic heterocycles. The van der Waals surface area contributed by atoms with Crippen LogP contribution in [-0.4, -0.2) is 19.9 Å². The van der Waals surface area contributed by atoms with Gasteiger partial charge >= 0.3 is 0 Å². The molecule has 4 nitrogen and oxygen atoms in total. The van der Waals surface area contributed by atoms with Gasteiger partial charge in [-0.15, -0.1) is 0 Å². The Kier molecular flexibility index (Phi) is 2.46. The molecular formula is C19H14N4. The van der Waals surface area contributed by atoms with Crippen molar-refractivity contribution in [2.75, 3.05) is 0 Å². The van der Waals surface area contributed by atoms with E-state index in [1.165, 1.54) is 0 Å². The zero-order valence-electron chi connectivity index (χ0n) is 12.3. The molecule has 1 aliphatic rings. The molecule has 23 heavy (non-hydrogen) atoms. The molecule has 5 rings (SSSR count). The van der Waals surface area contributed by atoms with Gasteiger partial charge in [-0.1, -0.05) is 6.07 Å². The van der Waals surface area contributed by atoms with E-state index < -0.39 is 0 Å². The second-order valence-corrected chi connectivity index (χ2v) is 5.68. The first kappa shape index (κ1) is 12.3. The molecule has 0 unspecified atom stereocenters. The topological polar surface area (TPSA) is 60.3 Å². The minimum absolute atomic E-state index is 0.950. The summed E-state index contributed by atoms with van der Waals surface area (Å²) in [5.41, 5.74) is 8.21. The first-order valence-corrected chi connectivity index (χ1v) is 7.58. The lowest BCUT2D eigenvalue weighted by Gasteiger charge is -1.87. The lowest BCUT2D eigenvalue weighted by Crippen LogP contribution is -1.77. The Hall–Kier alpha value is -3.27. The van der Waals surface area contributed by atoms with Gasteiger partial charge in [0.05, 0.1) is 33.5 Å². The number of aromatic amines is 3. The molecule has 0 fully saturated rings. The van der Waals surface area contributed by atoms with E-state index >= 15 is 0 Å². The van der Waals surface area contributed by atoms with Gasteiger partial charge in [0.1, 0.15) is 0 Å². The van der Waals surface area contributed by atoms with Crippen LogP contribution >= 0.6 is 0 Å². The number of aromatic nitrogens is 4. The SMILES string of the molecule is C1=Cc2nc1c1ccc(cccc3ccc([nH]3)c3ccc2[nH]3)[nH]1. The van der Waals surface area contributed by atoms with Crippen molar-refractivity contribution in [3.63, 3.8) is 0 Å².